The van der Waals surface area contributed by atoms with Crippen molar-refractivity contribution in [2.24, 2.45) is 5.92 Å². The summed E-state index contributed by atoms with van der Waals surface area (Å²) in [5.41, 5.74) is 4.20. The molecule has 0 saturated carbocycles. The van der Waals surface area contributed by atoms with E-state index in [0.717, 1.165) is 48.2 Å². The Bertz CT molecular complexity index is 1190. The van der Waals surface area contributed by atoms with Gasteiger partial charge in [-0.2, -0.15) is 0 Å². The molecule has 1 aliphatic carbocycles. The number of rotatable bonds is 11. The molecule has 1 N–H and O–H groups in total. The van der Waals surface area contributed by atoms with Gasteiger partial charge in [0.1, 0.15) is 6.54 Å². The summed E-state index contributed by atoms with van der Waals surface area (Å²) in [5, 5.41) is 9.15. The standard InChI is InChI=1S/C31H34N2O4/c1-2-19-32(29(34)22-33(25-11-5-3-6-12-25)26-13-7-4-8-14-26)20-18-23-16-17-27-24(21-23)10-9-15-28(27)30(35)31(36)37/h3-15,23H,2,16-22H2,1H3,(H,36,37). The van der Waals surface area contributed by atoms with Crippen molar-refractivity contribution < 1.29 is 19.5 Å². The quantitative estimate of drug-likeness (QED) is 0.278. The van der Waals surface area contributed by atoms with E-state index in [-0.39, 0.29) is 12.5 Å². The maximum atomic E-state index is 13.5. The van der Waals surface area contributed by atoms with Crippen LogP contribution in [0.2, 0.25) is 0 Å². The molecule has 0 heterocycles. The highest BCUT2D eigenvalue weighted by Crippen LogP contribution is 2.31. The third-order valence-electron chi connectivity index (χ3n) is 7.11. The van der Waals surface area contributed by atoms with Crippen LogP contribution in [0.15, 0.2) is 78.9 Å². The molecule has 1 atom stereocenters. The molecule has 6 heteroatoms. The molecule has 192 valence electrons. The second-order valence-electron chi connectivity index (χ2n) is 9.61. The third-order valence-corrected chi connectivity index (χ3v) is 7.11. The third kappa shape index (κ3) is 6.45. The molecule has 37 heavy (non-hydrogen) atoms. The summed E-state index contributed by atoms with van der Waals surface area (Å²) >= 11 is 0. The highest BCUT2D eigenvalue weighted by atomic mass is 16.4. The van der Waals surface area contributed by atoms with Gasteiger partial charge in [-0.25, -0.2) is 4.79 Å². The Balaban J connectivity index is 1.43. The van der Waals surface area contributed by atoms with Crippen LogP contribution in [-0.2, 0) is 22.4 Å². The highest BCUT2D eigenvalue weighted by molar-refractivity contribution is 6.40. The molecule has 0 aliphatic heterocycles. The summed E-state index contributed by atoms with van der Waals surface area (Å²) in [6.07, 6.45) is 4.12. The first-order valence-corrected chi connectivity index (χ1v) is 13.0. The van der Waals surface area contributed by atoms with Crippen LogP contribution >= 0.6 is 0 Å². The lowest BCUT2D eigenvalue weighted by Gasteiger charge is -2.31. The average molecular weight is 499 g/mol. The van der Waals surface area contributed by atoms with Gasteiger partial charge < -0.3 is 14.9 Å². The molecule has 0 radical (unpaired) electrons. The fourth-order valence-corrected chi connectivity index (χ4v) is 5.21. The van der Waals surface area contributed by atoms with E-state index in [9.17, 15) is 14.4 Å². The molecular weight excluding hydrogens is 464 g/mol. The van der Waals surface area contributed by atoms with Crippen molar-refractivity contribution in [3.63, 3.8) is 0 Å². The molecule has 6 nitrogen and oxygen atoms in total. The molecule has 1 amide bonds. The first-order chi connectivity index (χ1) is 18.0. The van der Waals surface area contributed by atoms with Gasteiger partial charge in [0.25, 0.3) is 5.78 Å². The summed E-state index contributed by atoms with van der Waals surface area (Å²) in [7, 11) is 0. The van der Waals surface area contributed by atoms with E-state index in [0.29, 0.717) is 31.0 Å². The number of Topliss-reactive ketones (excluding diaryl/α,β-unsaturated/α-hetero) is 1. The molecule has 4 rings (SSSR count). The number of anilines is 2. The van der Waals surface area contributed by atoms with Gasteiger partial charge >= 0.3 is 5.97 Å². The number of nitrogens with zero attached hydrogens (tertiary/aromatic N) is 2. The fraction of sp³-hybridized carbons (Fsp3) is 0.323. The Hall–Kier alpha value is -3.93. The predicted molar refractivity (Wildman–Crippen MR) is 145 cm³/mol. The van der Waals surface area contributed by atoms with Crippen LogP contribution in [0.25, 0.3) is 0 Å². The van der Waals surface area contributed by atoms with Gasteiger partial charge in [-0.15, -0.1) is 0 Å². The number of carbonyl (C=O) groups excluding carboxylic acids is 2. The highest BCUT2D eigenvalue weighted by Gasteiger charge is 2.26. The van der Waals surface area contributed by atoms with Crippen molar-refractivity contribution in [2.45, 2.75) is 39.0 Å². The number of carboxylic acids is 1. The van der Waals surface area contributed by atoms with Gasteiger partial charge in [0.2, 0.25) is 5.91 Å². The smallest absolute Gasteiger partial charge is 0.377 e. The fourth-order valence-electron chi connectivity index (χ4n) is 5.21. The van der Waals surface area contributed by atoms with E-state index >= 15 is 0 Å². The molecule has 0 spiro atoms. The second kappa shape index (κ2) is 12.3. The molecule has 0 aromatic heterocycles. The van der Waals surface area contributed by atoms with Gasteiger partial charge in [-0.3, -0.25) is 9.59 Å². The van der Waals surface area contributed by atoms with E-state index in [4.69, 9.17) is 5.11 Å². The van der Waals surface area contributed by atoms with Gasteiger partial charge in [-0.1, -0.05) is 61.5 Å². The minimum Gasteiger partial charge on any atom is -0.475 e. The number of amides is 1. The average Bonchev–Trinajstić information content (AvgIpc) is 2.93. The summed E-state index contributed by atoms with van der Waals surface area (Å²) < 4.78 is 0. The Morgan fingerprint density at radius 1 is 0.865 bits per heavy atom. The lowest BCUT2D eigenvalue weighted by Crippen LogP contribution is -2.40. The Morgan fingerprint density at radius 2 is 1.51 bits per heavy atom. The number of carboxylic acid groups (broad SMARTS) is 1. The van der Waals surface area contributed by atoms with E-state index in [2.05, 4.69) is 11.8 Å². The number of benzene rings is 3. The van der Waals surface area contributed by atoms with E-state index in [1.54, 1.807) is 12.1 Å². The second-order valence-corrected chi connectivity index (χ2v) is 9.61. The minimum absolute atomic E-state index is 0.0973. The van der Waals surface area contributed by atoms with Crippen LogP contribution in [0.4, 0.5) is 11.4 Å². The summed E-state index contributed by atoms with van der Waals surface area (Å²) in [6.45, 7) is 3.74. The van der Waals surface area contributed by atoms with E-state index in [1.807, 2.05) is 71.6 Å². The van der Waals surface area contributed by atoms with E-state index < -0.39 is 11.8 Å². The molecule has 3 aromatic carbocycles. The van der Waals surface area contributed by atoms with Crippen molar-refractivity contribution in [2.75, 3.05) is 24.5 Å². The summed E-state index contributed by atoms with van der Waals surface area (Å²) in [5.74, 6) is -1.77. The summed E-state index contributed by atoms with van der Waals surface area (Å²) in [4.78, 5) is 40.9. The zero-order chi connectivity index (χ0) is 26.2. The zero-order valence-corrected chi connectivity index (χ0v) is 21.3. The topological polar surface area (TPSA) is 77.9 Å². The number of para-hydroxylation sites is 2. The normalized spacial score (nSPS) is 14.5. The first kappa shape index (κ1) is 26.1. The zero-order valence-electron chi connectivity index (χ0n) is 21.3. The Labute approximate surface area is 218 Å². The maximum absolute atomic E-state index is 13.5. The number of aliphatic carboxylic acids is 1. The van der Waals surface area contributed by atoms with Crippen LogP contribution in [0.1, 0.15) is 47.7 Å². The number of hydrogen-bond donors (Lipinski definition) is 1. The lowest BCUT2D eigenvalue weighted by molar-refractivity contribution is -0.132. The molecule has 0 bridgehead atoms. The number of fused-ring (bicyclic) bond motifs is 1. The van der Waals surface area contributed by atoms with Gasteiger partial charge in [0.05, 0.1) is 0 Å². The van der Waals surface area contributed by atoms with Crippen LogP contribution in [-0.4, -0.2) is 47.3 Å². The molecule has 1 aliphatic rings. The van der Waals surface area contributed by atoms with E-state index in [1.165, 1.54) is 0 Å². The van der Waals surface area contributed by atoms with Crippen molar-refractivity contribution in [3.8, 4) is 0 Å². The monoisotopic (exact) mass is 498 g/mol. The lowest BCUT2D eigenvalue weighted by atomic mass is 9.79. The largest absolute Gasteiger partial charge is 0.475 e. The van der Waals surface area contributed by atoms with Crippen molar-refractivity contribution in [1.29, 1.82) is 0 Å². The Kier molecular flexibility index (Phi) is 8.72. The van der Waals surface area contributed by atoms with Gasteiger partial charge in [-0.05, 0) is 73.4 Å². The molecule has 0 saturated heterocycles. The van der Waals surface area contributed by atoms with Crippen LogP contribution in [0.5, 0.6) is 0 Å². The SMILES string of the molecule is CCCN(CCC1CCc2c(cccc2C(=O)C(=O)O)C1)C(=O)CN(c1ccccc1)c1ccccc1. The molecule has 1 unspecified atom stereocenters. The van der Waals surface area contributed by atoms with Gasteiger partial charge in [0.15, 0.2) is 0 Å². The summed E-state index contributed by atoms with van der Waals surface area (Å²) in [6, 6.07) is 25.3. The predicted octanol–water partition coefficient (Wildman–Crippen LogP) is 5.53. The number of carbonyl (C=O) groups is 3. The maximum Gasteiger partial charge on any atom is 0.377 e. The molecule has 3 aromatic rings. The first-order valence-electron chi connectivity index (χ1n) is 13.0. The minimum atomic E-state index is -1.41. The number of hydrogen-bond acceptors (Lipinski definition) is 4. The molecular formula is C31H34N2O4. The molecule has 0 fully saturated rings. The Morgan fingerprint density at radius 3 is 2.11 bits per heavy atom. The number of ketones is 1. The van der Waals surface area contributed by atoms with Crippen molar-refractivity contribution in [1.82, 2.24) is 4.90 Å². The van der Waals surface area contributed by atoms with Crippen molar-refractivity contribution in [3.05, 3.63) is 95.6 Å². The van der Waals surface area contributed by atoms with Crippen LogP contribution in [0.3, 0.4) is 0 Å². The van der Waals surface area contributed by atoms with Crippen LogP contribution < -0.4 is 4.90 Å². The van der Waals surface area contributed by atoms with Crippen molar-refractivity contribution >= 4 is 29.0 Å². The van der Waals surface area contributed by atoms with Crippen LogP contribution in [0, 0.1) is 5.92 Å². The van der Waals surface area contributed by atoms with Gasteiger partial charge in [0, 0.05) is 30.0 Å².